The minimum Gasteiger partial charge on any atom is -0.461 e. The maximum Gasteiger partial charge on any atom is 0.367 e. The number of hydrogen-bond acceptors (Lipinski definition) is 6. The van der Waals surface area contributed by atoms with Gasteiger partial charge in [0.05, 0.1) is 18.8 Å². The summed E-state index contributed by atoms with van der Waals surface area (Å²) in [7, 11) is 0. The van der Waals surface area contributed by atoms with Gasteiger partial charge < -0.3 is 14.8 Å². The number of hydrogen-bond donors (Lipinski definition) is 1. The molecule has 1 aromatic rings. The highest BCUT2D eigenvalue weighted by molar-refractivity contribution is 7.11. The molecule has 2 rings (SSSR count). The molecule has 1 fully saturated rings. The van der Waals surface area contributed by atoms with Gasteiger partial charge in [0.1, 0.15) is 5.69 Å². The summed E-state index contributed by atoms with van der Waals surface area (Å²) in [6.07, 6.45) is 0.771. The number of thiazole rings is 1. The van der Waals surface area contributed by atoms with E-state index in [4.69, 9.17) is 9.47 Å². The van der Waals surface area contributed by atoms with Crippen LogP contribution in [0.25, 0.3) is 0 Å². The number of nitrogens with zero attached hydrogens (tertiary/aromatic N) is 1. The second-order valence-electron chi connectivity index (χ2n) is 4.58. The summed E-state index contributed by atoms with van der Waals surface area (Å²) in [5, 5.41) is 4.63. The molecule has 1 unspecified atom stereocenters. The molecule has 1 N–H and O–H groups in total. The van der Waals surface area contributed by atoms with Gasteiger partial charge in [0.2, 0.25) is 5.01 Å². The Morgan fingerprint density at radius 1 is 1.63 bits per heavy atom. The van der Waals surface area contributed by atoms with E-state index in [0.29, 0.717) is 13.2 Å². The van der Waals surface area contributed by atoms with Gasteiger partial charge in [-0.2, -0.15) is 0 Å². The topological polar surface area (TPSA) is 77.5 Å². The molecule has 1 saturated heterocycles. The Hall–Kier alpha value is -1.47. The predicted octanol–water partition coefficient (Wildman–Crippen LogP) is 1.23. The molecule has 6 nitrogen and oxygen atoms in total. The van der Waals surface area contributed by atoms with Crippen molar-refractivity contribution in [2.45, 2.75) is 25.8 Å². The van der Waals surface area contributed by atoms with Crippen LogP contribution in [0.5, 0.6) is 0 Å². The van der Waals surface area contributed by atoms with E-state index in [0.717, 1.165) is 17.8 Å². The lowest BCUT2D eigenvalue weighted by molar-refractivity contribution is 0.0526. The molecule has 1 aliphatic rings. The molecule has 0 saturated carbocycles. The maximum atomic E-state index is 12.0. The summed E-state index contributed by atoms with van der Waals surface area (Å²) in [4.78, 5) is 27.5. The van der Waals surface area contributed by atoms with Crippen LogP contribution in [0.2, 0.25) is 0 Å². The fourth-order valence-electron chi connectivity index (χ4n) is 1.77. The van der Waals surface area contributed by atoms with E-state index in [1.54, 1.807) is 12.3 Å². The van der Waals surface area contributed by atoms with Crippen molar-refractivity contribution in [2.24, 2.45) is 0 Å². The van der Waals surface area contributed by atoms with Gasteiger partial charge in [-0.3, -0.25) is 4.79 Å². The van der Waals surface area contributed by atoms with Gasteiger partial charge in [-0.25, -0.2) is 9.78 Å². The molecule has 2 heterocycles. The number of amides is 1. The second kappa shape index (κ2) is 5.66. The van der Waals surface area contributed by atoms with E-state index < -0.39 is 5.97 Å². The lowest BCUT2D eigenvalue weighted by Gasteiger charge is -2.22. The Morgan fingerprint density at radius 2 is 2.42 bits per heavy atom. The van der Waals surface area contributed by atoms with Crippen molar-refractivity contribution in [1.29, 1.82) is 0 Å². The summed E-state index contributed by atoms with van der Waals surface area (Å²) < 4.78 is 10.1. The smallest absolute Gasteiger partial charge is 0.367 e. The third kappa shape index (κ3) is 3.30. The average molecular weight is 284 g/mol. The van der Waals surface area contributed by atoms with E-state index in [2.05, 4.69) is 10.3 Å². The first-order chi connectivity index (χ1) is 9.04. The summed E-state index contributed by atoms with van der Waals surface area (Å²) in [6, 6.07) is 0. The number of aromatic nitrogens is 1. The van der Waals surface area contributed by atoms with Gasteiger partial charge in [-0.15, -0.1) is 11.3 Å². The van der Waals surface area contributed by atoms with Crippen molar-refractivity contribution in [1.82, 2.24) is 10.3 Å². The van der Waals surface area contributed by atoms with Crippen LogP contribution < -0.4 is 5.32 Å². The molecule has 0 aromatic carbocycles. The summed E-state index contributed by atoms with van der Waals surface area (Å²) in [6.45, 7) is 5.07. The second-order valence-corrected chi connectivity index (χ2v) is 5.43. The molecule has 19 heavy (non-hydrogen) atoms. The zero-order valence-corrected chi connectivity index (χ0v) is 11.7. The SMILES string of the molecule is CCOC(=O)c1nc(C(=O)NC2(C)CCOC2)cs1. The highest BCUT2D eigenvalue weighted by Gasteiger charge is 2.32. The molecule has 0 bridgehead atoms. The van der Waals surface area contributed by atoms with Gasteiger partial charge >= 0.3 is 5.97 Å². The molecule has 1 amide bonds. The Balaban J connectivity index is 2.02. The first-order valence-electron chi connectivity index (χ1n) is 6.07. The van der Waals surface area contributed by atoms with Gasteiger partial charge in [-0.1, -0.05) is 0 Å². The van der Waals surface area contributed by atoms with E-state index in [-0.39, 0.29) is 28.8 Å². The van der Waals surface area contributed by atoms with E-state index in [9.17, 15) is 9.59 Å². The van der Waals surface area contributed by atoms with Crippen LogP contribution in [0.15, 0.2) is 5.38 Å². The first kappa shape index (κ1) is 14.0. The van der Waals surface area contributed by atoms with Crippen LogP contribution in [0.3, 0.4) is 0 Å². The third-order valence-corrected chi connectivity index (χ3v) is 3.64. The number of carbonyl (C=O) groups excluding carboxylic acids is 2. The minimum absolute atomic E-state index is 0.194. The normalized spacial score (nSPS) is 22.2. The summed E-state index contributed by atoms with van der Waals surface area (Å²) >= 11 is 1.11. The number of rotatable bonds is 4. The largest absolute Gasteiger partial charge is 0.461 e. The van der Waals surface area contributed by atoms with E-state index in [1.807, 2.05) is 6.92 Å². The van der Waals surface area contributed by atoms with Crippen molar-refractivity contribution in [3.63, 3.8) is 0 Å². The molecule has 7 heteroatoms. The molecular weight excluding hydrogens is 268 g/mol. The molecule has 1 aliphatic heterocycles. The van der Waals surface area contributed by atoms with Gasteiger partial charge in [-0.05, 0) is 20.3 Å². The van der Waals surface area contributed by atoms with E-state index in [1.165, 1.54) is 0 Å². The fourth-order valence-corrected chi connectivity index (χ4v) is 2.46. The van der Waals surface area contributed by atoms with Crippen molar-refractivity contribution in [2.75, 3.05) is 19.8 Å². The number of esters is 1. The third-order valence-electron chi connectivity index (χ3n) is 2.82. The van der Waals surface area contributed by atoms with Crippen molar-refractivity contribution < 1.29 is 19.1 Å². The highest BCUT2D eigenvalue weighted by atomic mass is 32.1. The van der Waals surface area contributed by atoms with Crippen molar-refractivity contribution >= 4 is 23.2 Å². The first-order valence-corrected chi connectivity index (χ1v) is 6.95. The molecule has 0 aliphatic carbocycles. The van der Waals surface area contributed by atoms with Crippen molar-refractivity contribution in [3.8, 4) is 0 Å². The lowest BCUT2D eigenvalue weighted by atomic mass is 10.0. The lowest BCUT2D eigenvalue weighted by Crippen LogP contribution is -2.46. The van der Waals surface area contributed by atoms with Crippen LogP contribution in [0.4, 0.5) is 0 Å². The van der Waals surface area contributed by atoms with Crippen LogP contribution in [0, 0.1) is 0 Å². The molecule has 1 atom stereocenters. The summed E-state index contributed by atoms with van der Waals surface area (Å²) in [5.41, 5.74) is -0.119. The Kier molecular flexibility index (Phi) is 4.16. The zero-order valence-electron chi connectivity index (χ0n) is 10.9. The number of carbonyl (C=O) groups is 2. The maximum absolute atomic E-state index is 12.0. The Bertz CT molecular complexity index is 480. The number of nitrogens with one attached hydrogen (secondary N) is 1. The summed E-state index contributed by atoms with van der Waals surface area (Å²) in [5.74, 6) is -0.790. The number of ether oxygens (including phenoxy) is 2. The van der Waals surface area contributed by atoms with Crippen LogP contribution in [0.1, 0.15) is 40.6 Å². The van der Waals surface area contributed by atoms with Gasteiger partial charge in [0.25, 0.3) is 5.91 Å². The highest BCUT2D eigenvalue weighted by Crippen LogP contribution is 2.19. The Morgan fingerprint density at radius 3 is 3.05 bits per heavy atom. The molecule has 0 spiro atoms. The molecule has 1 aromatic heterocycles. The molecule has 104 valence electrons. The predicted molar refractivity (Wildman–Crippen MR) is 69.4 cm³/mol. The molecular formula is C12H16N2O4S. The monoisotopic (exact) mass is 284 g/mol. The van der Waals surface area contributed by atoms with Gasteiger partial charge in [0.15, 0.2) is 0 Å². The standard InChI is InChI=1S/C12H16N2O4S/c1-3-18-11(16)10-13-8(6-19-10)9(15)14-12(2)4-5-17-7-12/h6H,3-5,7H2,1-2H3,(H,14,15). The van der Waals surface area contributed by atoms with Crippen LogP contribution >= 0.6 is 11.3 Å². The van der Waals surface area contributed by atoms with Crippen LogP contribution in [-0.4, -0.2) is 42.2 Å². The fraction of sp³-hybridized carbons (Fsp3) is 0.583. The average Bonchev–Trinajstić information content (AvgIpc) is 2.98. The quantitative estimate of drug-likeness (QED) is 0.841. The van der Waals surface area contributed by atoms with Crippen LogP contribution in [-0.2, 0) is 9.47 Å². The van der Waals surface area contributed by atoms with Gasteiger partial charge in [0, 0.05) is 12.0 Å². The molecule has 0 radical (unpaired) electrons. The zero-order chi connectivity index (χ0) is 13.9. The minimum atomic E-state index is -0.498. The van der Waals surface area contributed by atoms with Crippen molar-refractivity contribution in [3.05, 3.63) is 16.1 Å². The van der Waals surface area contributed by atoms with E-state index >= 15 is 0 Å². The Labute approximate surface area is 115 Å².